The topological polar surface area (TPSA) is 42.4 Å². The molecule has 0 aliphatic carbocycles. The number of rotatable bonds is 3. The molecule has 3 heteroatoms. The van der Waals surface area contributed by atoms with Gasteiger partial charge in [-0.15, -0.1) is 0 Å². The van der Waals surface area contributed by atoms with Gasteiger partial charge in [0.15, 0.2) is 0 Å². The molecule has 0 aliphatic heterocycles. The van der Waals surface area contributed by atoms with Crippen molar-refractivity contribution >= 4 is 0 Å². The van der Waals surface area contributed by atoms with Crippen LogP contribution in [-0.2, 0) is 0 Å². The maximum absolute atomic E-state index is 8.51. The average molecular weight is 191 g/mol. The zero-order valence-corrected chi connectivity index (χ0v) is 8.16. The van der Waals surface area contributed by atoms with Crippen LogP contribution in [0.1, 0.15) is 18.9 Å². The Kier molecular flexibility index (Phi) is 4.53. The molecule has 3 nitrogen and oxygen atoms in total. The molecule has 1 rings (SSSR count). The summed E-state index contributed by atoms with van der Waals surface area (Å²) >= 11 is 0. The Morgan fingerprint density at radius 1 is 1.50 bits per heavy atom. The number of aromatic nitrogens is 1. The van der Waals surface area contributed by atoms with Crippen molar-refractivity contribution in [2.24, 2.45) is 0 Å². The maximum atomic E-state index is 8.51. The van der Waals surface area contributed by atoms with E-state index in [1.165, 1.54) is 0 Å². The SMILES string of the molecule is CCCOc1cncc(C#CCO)c1. The largest absolute Gasteiger partial charge is 0.492 e. The Morgan fingerprint density at radius 3 is 3.07 bits per heavy atom. The fraction of sp³-hybridized carbons (Fsp3) is 0.364. The molecule has 0 bridgehead atoms. The fourth-order valence-electron chi connectivity index (χ4n) is 0.928. The number of nitrogens with zero attached hydrogens (tertiary/aromatic N) is 1. The first-order chi connectivity index (χ1) is 6.86. The van der Waals surface area contributed by atoms with Crippen LogP contribution in [0.4, 0.5) is 0 Å². The van der Waals surface area contributed by atoms with Crippen molar-refractivity contribution in [3.63, 3.8) is 0 Å². The van der Waals surface area contributed by atoms with Crippen LogP contribution in [0.5, 0.6) is 5.75 Å². The van der Waals surface area contributed by atoms with Crippen molar-refractivity contribution in [1.82, 2.24) is 4.98 Å². The van der Waals surface area contributed by atoms with Gasteiger partial charge in [-0.2, -0.15) is 0 Å². The second-order valence-electron chi connectivity index (χ2n) is 2.72. The summed E-state index contributed by atoms with van der Waals surface area (Å²) in [6.45, 7) is 2.58. The minimum Gasteiger partial charge on any atom is -0.492 e. The Morgan fingerprint density at radius 2 is 2.36 bits per heavy atom. The third-order valence-electron chi connectivity index (χ3n) is 1.50. The van der Waals surface area contributed by atoms with Crippen LogP contribution < -0.4 is 4.74 Å². The fourth-order valence-corrected chi connectivity index (χ4v) is 0.928. The summed E-state index contributed by atoms with van der Waals surface area (Å²) in [4.78, 5) is 3.98. The number of aliphatic hydroxyl groups excluding tert-OH is 1. The Hall–Kier alpha value is -1.53. The molecule has 0 saturated heterocycles. The summed E-state index contributed by atoms with van der Waals surface area (Å²) in [5.74, 6) is 6.05. The van der Waals surface area contributed by atoms with Gasteiger partial charge in [0, 0.05) is 11.8 Å². The summed E-state index contributed by atoms with van der Waals surface area (Å²) in [6, 6.07) is 1.81. The number of ether oxygens (including phenoxy) is 1. The molecular weight excluding hydrogens is 178 g/mol. The molecule has 14 heavy (non-hydrogen) atoms. The standard InChI is InChI=1S/C11H13NO2/c1-2-6-14-11-7-10(4-3-5-13)8-12-9-11/h7-9,13H,2,5-6H2,1H3. The third-order valence-corrected chi connectivity index (χ3v) is 1.50. The molecule has 0 fully saturated rings. The van der Waals surface area contributed by atoms with Crippen LogP contribution in [0.2, 0.25) is 0 Å². The van der Waals surface area contributed by atoms with Crippen molar-refractivity contribution in [3.8, 4) is 17.6 Å². The van der Waals surface area contributed by atoms with Crippen molar-refractivity contribution in [2.45, 2.75) is 13.3 Å². The van der Waals surface area contributed by atoms with E-state index in [2.05, 4.69) is 16.8 Å². The molecule has 1 N–H and O–H groups in total. The zero-order valence-electron chi connectivity index (χ0n) is 8.16. The van der Waals surface area contributed by atoms with Crippen molar-refractivity contribution < 1.29 is 9.84 Å². The van der Waals surface area contributed by atoms with E-state index in [1.807, 2.05) is 13.0 Å². The van der Waals surface area contributed by atoms with E-state index in [1.54, 1.807) is 12.4 Å². The lowest BCUT2D eigenvalue weighted by Crippen LogP contribution is -1.95. The Bertz CT molecular complexity index is 339. The molecule has 1 aromatic heterocycles. The second-order valence-corrected chi connectivity index (χ2v) is 2.72. The lowest BCUT2D eigenvalue weighted by Gasteiger charge is -2.02. The first kappa shape index (κ1) is 10.6. The van der Waals surface area contributed by atoms with Gasteiger partial charge in [-0.05, 0) is 12.5 Å². The number of hydrogen-bond donors (Lipinski definition) is 1. The highest BCUT2D eigenvalue weighted by atomic mass is 16.5. The van der Waals surface area contributed by atoms with Crippen molar-refractivity contribution in [1.29, 1.82) is 0 Å². The van der Waals surface area contributed by atoms with Gasteiger partial charge in [0.25, 0.3) is 0 Å². The highest BCUT2D eigenvalue weighted by Gasteiger charge is 1.94. The Balaban J connectivity index is 2.68. The molecule has 0 atom stereocenters. The first-order valence-electron chi connectivity index (χ1n) is 4.54. The molecule has 0 unspecified atom stereocenters. The van der Waals surface area contributed by atoms with E-state index in [0.717, 1.165) is 17.7 Å². The van der Waals surface area contributed by atoms with Gasteiger partial charge in [-0.3, -0.25) is 4.98 Å². The summed E-state index contributed by atoms with van der Waals surface area (Å²) in [6.07, 6.45) is 4.26. The van der Waals surface area contributed by atoms with Crippen LogP contribution in [-0.4, -0.2) is 23.3 Å². The number of hydrogen-bond acceptors (Lipinski definition) is 3. The smallest absolute Gasteiger partial charge is 0.138 e. The van der Waals surface area contributed by atoms with Crippen molar-refractivity contribution in [3.05, 3.63) is 24.0 Å². The number of aliphatic hydroxyl groups is 1. The molecule has 1 heterocycles. The van der Waals surface area contributed by atoms with Crippen LogP contribution in [0.3, 0.4) is 0 Å². The van der Waals surface area contributed by atoms with E-state index in [-0.39, 0.29) is 6.61 Å². The van der Waals surface area contributed by atoms with Crippen LogP contribution in [0, 0.1) is 11.8 Å². The van der Waals surface area contributed by atoms with Gasteiger partial charge in [0.05, 0.1) is 12.8 Å². The molecular formula is C11H13NO2. The lowest BCUT2D eigenvalue weighted by atomic mass is 10.3. The number of pyridine rings is 1. The molecule has 0 amide bonds. The van der Waals surface area contributed by atoms with Crippen LogP contribution in [0.25, 0.3) is 0 Å². The predicted octanol–water partition coefficient (Wildman–Crippen LogP) is 1.21. The van der Waals surface area contributed by atoms with Crippen LogP contribution in [0.15, 0.2) is 18.5 Å². The summed E-state index contributed by atoms with van der Waals surface area (Å²) in [5.41, 5.74) is 0.757. The Labute approximate surface area is 83.7 Å². The van der Waals surface area contributed by atoms with Gasteiger partial charge in [-0.25, -0.2) is 0 Å². The van der Waals surface area contributed by atoms with Gasteiger partial charge in [-0.1, -0.05) is 18.8 Å². The molecule has 0 aromatic carbocycles. The van der Waals surface area contributed by atoms with Gasteiger partial charge < -0.3 is 9.84 Å². The minimum absolute atomic E-state index is 0.139. The molecule has 0 radical (unpaired) electrons. The van der Waals surface area contributed by atoms with Gasteiger partial charge in [0.2, 0.25) is 0 Å². The van der Waals surface area contributed by atoms with E-state index >= 15 is 0 Å². The summed E-state index contributed by atoms with van der Waals surface area (Å²) < 4.78 is 5.38. The first-order valence-corrected chi connectivity index (χ1v) is 4.54. The summed E-state index contributed by atoms with van der Waals surface area (Å²) in [7, 11) is 0. The molecule has 74 valence electrons. The summed E-state index contributed by atoms with van der Waals surface area (Å²) in [5, 5.41) is 8.51. The monoisotopic (exact) mass is 191 g/mol. The van der Waals surface area contributed by atoms with Gasteiger partial charge in [0.1, 0.15) is 12.4 Å². The molecule has 0 saturated carbocycles. The maximum Gasteiger partial charge on any atom is 0.138 e. The molecule has 0 spiro atoms. The predicted molar refractivity (Wildman–Crippen MR) is 54.0 cm³/mol. The normalized spacial score (nSPS) is 9.00. The zero-order chi connectivity index (χ0) is 10.2. The van der Waals surface area contributed by atoms with Crippen molar-refractivity contribution in [2.75, 3.05) is 13.2 Å². The second kappa shape index (κ2) is 6.01. The van der Waals surface area contributed by atoms with Crippen LogP contribution >= 0.6 is 0 Å². The quantitative estimate of drug-likeness (QED) is 0.730. The molecule has 1 aromatic rings. The van der Waals surface area contributed by atoms with Gasteiger partial charge >= 0.3 is 0 Å². The van der Waals surface area contributed by atoms with E-state index in [4.69, 9.17) is 9.84 Å². The van der Waals surface area contributed by atoms with E-state index in [9.17, 15) is 0 Å². The highest BCUT2D eigenvalue weighted by Crippen LogP contribution is 2.10. The lowest BCUT2D eigenvalue weighted by molar-refractivity contribution is 0.316. The van der Waals surface area contributed by atoms with E-state index < -0.39 is 0 Å². The molecule has 0 aliphatic rings. The average Bonchev–Trinajstić information content (AvgIpc) is 2.24. The third kappa shape index (κ3) is 3.46. The minimum atomic E-state index is -0.139. The highest BCUT2D eigenvalue weighted by molar-refractivity contribution is 5.36. The van der Waals surface area contributed by atoms with E-state index in [0.29, 0.717) is 6.61 Å².